The van der Waals surface area contributed by atoms with E-state index in [9.17, 15) is 4.79 Å². The van der Waals surface area contributed by atoms with E-state index in [2.05, 4.69) is 9.73 Å². The summed E-state index contributed by atoms with van der Waals surface area (Å²) in [5.74, 6) is 1.21. The molecule has 0 bridgehead atoms. The second kappa shape index (κ2) is 9.62. The van der Waals surface area contributed by atoms with Crippen molar-refractivity contribution in [1.29, 1.82) is 0 Å². The number of carbonyl (C=O) groups is 1. The zero-order valence-electron chi connectivity index (χ0n) is 18.5. The van der Waals surface area contributed by atoms with Gasteiger partial charge in [-0.25, -0.2) is 14.8 Å². The van der Waals surface area contributed by atoms with Gasteiger partial charge in [0.25, 0.3) is 0 Å². The van der Waals surface area contributed by atoms with Crippen LogP contribution in [-0.4, -0.2) is 31.1 Å². The first-order chi connectivity index (χ1) is 16.7. The number of aliphatic imine (C=N–C) groups is 1. The maximum absolute atomic E-state index is 11.4. The molecular formula is C27H22N2O5. The molecule has 5 rings (SSSR count). The second-order valence-electron chi connectivity index (χ2n) is 7.66. The first-order valence-corrected chi connectivity index (χ1v) is 10.8. The van der Waals surface area contributed by atoms with Crippen molar-refractivity contribution in [2.45, 2.75) is 12.1 Å². The summed E-state index contributed by atoms with van der Waals surface area (Å²) in [4.78, 5) is 20.8. The lowest BCUT2D eigenvalue weighted by atomic mass is 10.0. The van der Waals surface area contributed by atoms with E-state index >= 15 is 0 Å². The molecule has 0 N–H and O–H groups in total. The number of hydrogen-bond acceptors (Lipinski definition) is 7. The minimum Gasteiger partial charge on any atom is -0.482 e. The van der Waals surface area contributed by atoms with Crippen molar-refractivity contribution in [1.82, 2.24) is 4.98 Å². The van der Waals surface area contributed by atoms with Crippen LogP contribution < -0.4 is 4.74 Å². The Kier molecular flexibility index (Phi) is 6.07. The van der Waals surface area contributed by atoms with E-state index in [0.717, 1.165) is 22.4 Å². The van der Waals surface area contributed by atoms with Crippen LogP contribution in [0.15, 0.2) is 94.3 Å². The molecular weight excluding hydrogens is 432 g/mol. The molecule has 1 aliphatic heterocycles. The Morgan fingerprint density at radius 3 is 2.41 bits per heavy atom. The highest BCUT2D eigenvalue weighted by Gasteiger charge is 2.35. The summed E-state index contributed by atoms with van der Waals surface area (Å²) in [6.45, 7) is -0.175. The molecule has 0 saturated heterocycles. The lowest BCUT2D eigenvalue weighted by Gasteiger charge is -2.16. The number of methoxy groups -OCH3 is 1. The molecule has 2 atom stereocenters. The van der Waals surface area contributed by atoms with Crippen LogP contribution in [0.3, 0.4) is 0 Å². The molecule has 1 aromatic heterocycles. The SMILES string of the molecule is COC(=O)COc1cccc(C2OC=NC2c2nc(-c3ccccc3)c(-c3ccccc3)o2)c1. The Morgan fingerprint density at radius 2 is 1.68 bits per heavy atom. The molecule has 7 heteroatoms. The third-order valence-corrected chi connectivity index (χ3v) is 5.47. The average molecular weight is 454 g/mol. The number of hydrogen-bond donors (Lipinski definition) is 0. The average Bonchev–Trinajstić information content (AvgIpc) is 3.56. The van der Waals surface area contributed by atoms with Crippen LogP contribution in [0.1, 0.15) is 23.6 Å². The van der Waals surface area contributed by atoms with Crippen molar-refractivity contribution in [3.05, 3.63) is 96.4 Å². The summed E-state index contributed by atoms with van der Waals surface area (Å²) in [6, 6.07) is 26.6. The number of carbonyl (C=O) groups excluding carboxylic acids is 1. The third kappa shape index (κ3) is 4.41. The highest BCUT2D eigenvalue weighted by Crippen LogP contribution is 2.42. The lowest BCUT2D eigenvalue weighted by Crippen LogP contribution is -2.13. The predicted molar refractivity (Wildman–Crippen MR) is 126 cm³/mol. The summed E-state index contributed by atoms with van der Waals surface area (Å²) in [5, 5.41) is 0. The molecule has 2 heterocycles. The minimum absolute atomic E-state index is 0.175. The summed E-state index contributed by atoms with van der Waals surface area (Å²) < 4.78 is 22.3. The third-order valence-electron chi connectivity index (χ3n) is 5.47. The molecule has 0 fully saturated rings. The van der Waals surface area contributed by atoms with Gasteiger partial charge in [-0.15, -0.1) is 0 Å². The normalized spacial score (nSPS) is 16.7. The van der Waals surface area contributed by atoms with Crippen molar-refractivity contribution in [2.24, 2.45) is 4.99 Å². The van der Waals surface area contributed by atoms with Crippen molar-refractivity contribution in [3.63, 3.8) is 0 Å². The van der Waals surface area contributed by atoms with Crippen molar-refractivity contribution >= 4 is 12.4 Å². The first-order valence-electron chi connectivity index (χ1n) is 10.8. The van der Waals surface area contributed by atoms with Gasteiger partial charge in [0, 0.05) is 11.1 Å². The molecule has 1 aliphatic rings. The lowest BCUT2D eigenvalue weighted by molar-refractivity contribution is -0.142. The Morgan fingerprint density at radius 1 is 0.941 bits per heavy atom. The number of rotatable bonds is 7. The topological polar surface area (TPSA) is 83.2 Å². The van der Waals surface area contributed by atoms with Gasteiger partial charge in [-0.1, -0.05) is 72.8 Å². The summed E-state index contributed by atoms with van der Waals surface area (Å²) in [5.41, 5.74) is 3.45. The van der Waals surface area contributed by atoms with Crippen LogP contribution in [0.25, 0.3) is 22.6 Å². The maximum Gasteiger partial charge on any atom is 0.343 e. The molecule has 34 heavy (non-hydrogen) atoms. The van der Waals surface area contributed by atoms with Gasteiger partial charge in [0.2, 0.25) is 5.89 Å². The number of nitrogens with zero attached hydrogens (tertiary/aromatic N) is 2. The van der Waals surface area contributed by atoms with E-state index in [1.165, 1.54) is 13.5 Å². The predicted octanol–water partition coefficient (Wildman–Crippen LogP) is 5.40. The molecule has 0 saturated carbocycles. The van der Waals surface area contributed by atoms with Gasteiger partial charge in [-0.3, -0.25) is 0 Å². The zero-order valence-corrected chi connectivity index (χ0v) is 18.5. The molecule has 0 amide bonds. The van der Waals surface area contributed by atoms with Crippen molar-refractivity contribution in [3.8, 4) is 28.3 Å². The Balaban J connectivity index is 1.48. The van der Waals surface area contributed by atoms with Gasteiger partial charge in [-0.2, -0.15) is 0 Å². The Labute approximate surface area is 196 Å². The first kappa shape index (κ1) is 21.5. The molecule has 3 aromatic carbocycles. The molecule has 0 radical (unpaired) electrons. The van der Waals surface area contributed by atoms with Crippen LogP contribution in [-0.2, 0) is 14.3 Å². The van der Waals surface area contributed by atoms with E-state index in [1.54, 1.807) is 6.07 Å². The number of benzene rings is 3. The Bertz CT molecular complexity index is 1240. The zero-order chi connectivity index (χ0) is 23.3. The summed E-state index contributed by atoms with van der Waals surface area (Å²) >= 11 is 0. The van der Waals surface area contributed by atoms with Gasteiger partial charge in [0.05, 0.1) is 7.11 Å². The molecule has 4 aromatic rings. The fourth-order valence-corrected chi connectivity index (χ4v) is 3.80. The van der Waals surface area contributed by atoms with Crippen LogP contribution in [0.2, 0.25) is 0 Å². The number of oxazole rings is 1. The molecule has 0 spiro atoms. The molecule has 7 nitrogen and oxygen atoms in total. The van der Waals surface area contributed by atoms with E-state index in [1.807, 2.05) is 78.9 Å². The molecule has 170 valence electrons. The van der Waals surface area contributed by atoms with E-state index in [-0.39, 0.29) is 6.61 Å². The Hall–Kier alpha value is -4.39. The van der Waals surface area contributed by atoms with E-state index in [0.29, 0.717) is 17.4 Å². The summed E-state index contributed by atoms with van der Waals surface area (Å²) in [6.07, 6.45) is 0.971. The second-order valence-corrected chi connectivity index (χ2v) is 7.66. The molecule has 2 unspecified atom stereocenters. The summed E-state index contributed by atoms with van der Waals surface area (Å²) in [7, 11) is 1.32. The quantitative estimate of drug-likeness (QED) is 0.348. The smallest absolute Gasteiger partial charge is 0.343 e. The largest absolute Gasteiger partial charge is 0.482 e. The maximum atomic E-state index is 11.4. The van der Waals surface area contributed by atoms with Crippen molar-refractivity contribution < 1.29 is 23.4 Å². The minimum atomic E-state index is -0.476. The standard InChI is InChI=1S/C27H22N2O5/c1-31-22(30)16-32-21-14-8-13-20(15-21)25-24(28-17-33-25)27-29-23(18-9-4-2-5-10-18)26(34-27)19-11-6-3-7-12-19/h2-15,17,24-25H,16H2,1H3. The fourth-order valence-electron chi connectivity index (χ4n) is 3.80. The monoisotopic (exact) mass is 454 g/mol. The van der Waals surface area contributed by atoms with Crippen LogP contribution in [0, 0.1) is 0 Å². The van der Waals surface area contributed by atoms with Gasteiger partial charge in [0.15, 0.2) is 30.9 Å². The van der Waals surface area contributed by atoms with Crippen LogP contribution >= 0.6 is 0 Å². The van der Waals surface area contributed by atoms with Gasteiger partial charge in [0.1, 0.15) is 11.4 Å². The van der Waals surface area contributed by atoms with Crippen LogP contribution in [0.4, 0.5) is 0 Å². The van der Waals surface area contributed by atoms with E-state index < -0.39 is 18.1 Å². The number of esters is 1. The van der Waals surface area contributed by atoms with Gasteiger partial charge < -0.3 is 18.6 Å². The van der Waals surface area contributed by atoms with Crippen LogP contribution in [0.5, 0.6) is 5.75 Å². The fraction of sp³-hybridized carbons (Fsp3) is 0.148. The van der Waals surface area contributed by atoms with Gasteiger partial charge >= 0.3 is 5.97 Å². The number of ether oxygens (including phenoxy) is 3. The van der Waals surface area contributed by atoms with Crippen molar-refractivity contribution in [2.75, 3.05) is 13.7 Å². The highest BCUT2D eigenvalue weighted by atomic mass is 16.6. The van der Waals surface area contributed by atoms with E-state index in [4.69, 9.17) is 18.9 Å². The van der Waals surface area contributed by atoms with Gasteiger partial charge in [-0.05, 0) is 17.7 Å². The molecule has 0 aliphatic carbocycles. The highest BCUT2D eigenvalue weighted by molar-refractivity contribution is 5.77. The number of aromatic nitrogens is 1.